The average molecular weight is 366 g/mol. The lowest BCUT2D eigenvalue weighted by Gasteiger charge is -2.13. The number of rotatable bonds is 7. The predicted octanol–water partition coefficient (Wildman–Crippen LogP) is 4.16. The molecule has 3 rings (SSSR count). The summed E-state index contributed by atoms with van der Waals surface area (Å²) in [7, 11) is 1.62. The van der Waals surface area contributed by atoms with E-state index >= 15 is 0 Å². The van der Waals surface area contributed by atoms with Gasteiger partial charge in [-0.1, -0.05) is 17.7 Å². The van der Waals surface area contributed by atoms with Gasteiger partial charge >= 0.3 is 0 Å². The summed E-state index contributed by atoms with van der Waals surface area (Å²) in [6.45, 7) is 2.63. The van der Waals surface area contributed by atoms with Crippen molar-refractivity contribution in [2.45, 2.75) is 39.0 Å². The number of ether oxygens (including phenoxy) is 1. The number of nitrogens with one attached hydrogen (secondary N) is 2. The number of amides is 1. The summed E-state index contributed by atoms with van der Waals surface area (Å²) in [6, 6.07) is 7.49. The first-order valence-corrected chi connectivity index (χ1v) is 9.35. The van der Waals surface area contributed by atoms with Crippen molar-refractivity contribution in [3.63, 3.8) is 0 Å². The van der Waals surface area contributed by atoms with Gasteiger partial charge in [-0.15, -0.1) is 0 Å². The molecule has 1 aromatic heterocycles. The van der Waals surface area contributed by atoms with Crippen molar-refractivity contribution in [2.24, 2.45) is 0 Å². The Morgan fingerprint density at radius 3 is 2.89 bits per heavy atom. The molecule has 0 saturated heterocycles. The van der Waals surface area contributed by atoms with Gasteiger partial charge in [0.2, 0.25) is 0 Å². The molecule has 0 unspecified atom stereocenters. The molecule has 1 aliphatic carbocycles. The highest BCUT2D eigenvalue weighted by molar-refractivity contribution is 5.93. The zero-order valence-electron chi connectivity index (χ0n) is 15.9. The number of carbonyl (C=O) groups excluding carboxylic acids is 1. The Hall–Kier alpha value is -2.89. The molecule has 1 heterocycles. The maximum Gasteiger partial charge on any atom is 0.270 e. The van der Waals surface area contributed by atoms with Crippen LogP contribution in [0.1, 0.15) is 48.2 Å². The zero-order chi connectivity index (χ0) is 19.1. The molecule has 0 radical (unpaired) electrons. The van der Waals surface area contributed by atoms with Crippen molar-refractivity contribution >= 4 is 17.4 Å². The minimum Gasteiger partial charge on any atom is -0.495 e. The van der Waals surface area contributed by atoms with Crippen molar-refractivity contribution in [2.75, 3.05) is 19.0 Å². The number of aromatic nitrogens is 2. The molecule has 1 aliphatic rings. The number of methoxy groups -OCH3 is 1. The van der Waals surface area contributed by atoms with E-state index < -0.39 is 0 Å². The Bertz CT molecular complexity index is 833. The van der Waals surface area contributed by atoms with Crippen LogP contribution >= 0.6 is 0 Å². The molecule has 6 heteroatoms. The molecule has 27 heavy (non-hydrogen) atoms. The molecule has 0 spiro atoms. The maximum atomic E-state index is 12.4. The monoisotopic (exact) mass is 366 g/mol. The number of anilines is 2. The second-order valence-corrected chi connectivity index (χ2v) is 6.73. The van der Waals surface area contributed by atoms with Gasteiger partial charge < -0.3 is 15.4 Å². The largest absolute Gasteiger partial charge is 0.495 e. The van der Waals surface area contributed by atoms with Gasteiger partial charge in [0.25, 0.3) is 5.91 Å². The lowest BCUT2D eigenvalue weighted by molar-refractivity contribution is 0.0949. The highest BCUT2D eigenvalue weighted by Gasteiger charge is 2.11. The van der Waals surface area contributed by atoms with Crippen LogP contribution in [0.3, 0.4) is 0 Å². The number of allylic oxidation sites excluding steroid dienone is 1. The molecule has 1 aromatic carbocycles. The van der Waals surface area contributed by atoms with Crippen molar-refractivity contribution in [3.05, 3.63) is 53.5 Å². The van der Waals surface area contributed by atoms with Gasteiger partial charge in [0.1, 0.15) is 23.6 Å². The van der Waals surface area contributed by atoms with Gasteiger partial charge in [-0.25, -0.2) is 9.97 Å². The quantitative estimate of drug-likeness (QED) is 0.720. The fourth-order valence-corrected chi connectivity index (χ4v) is 3.17. The third-order valence-electron chi connectivity index (χ3n) is 4.63. The third-order valence-corrected chi connectivity index (χ3v) is 4.63. The van der Waals surface area contributed by atoms with Crippen molar-refractivity contribution in [1.29, 1.82) is 0 Å². The topological polar surface area (TPSA) is 76.1 Å². The summed E-state index contributed by atoms with van der Waals surface area (Å²) in [5.41, 5.74) is 3.68. The number of benzene rings is 1. The van der Waals surface area contributed by atoms with Crippen LogP contribution in [0, 0.1) is 6.92 Å². The Balaban J connectivity index is 1.62. The molecular weight excluding hydrogens is 340 g/mol. The number of carbonyl (C=O) groups is 1. The van der Waals surface area contributed by atoms with Crippen LogP contribution in [0.4, 0.5) is 11.5 Å². The van der Waals surface area contributed by atoms with Crippen LogP contribution < -0.4 is 15.4 Å². The van der Waals surface area contributed by atoms with Crippen LogP contribution in [0.2, 0.25) is 0 Å². The van der Waals surface area contributed by atoms with Crippen molar-refractivity contribution < 1.29 is 9.53 Å². The van der Waals surface area contributed by atoms with Crippen molar-refractivity contribution in [3.8, 4) is 5.75 Å². The average Bonchev–Trinajstić information content (AvgIpc) is 2.69. The van der Waals surface area contributed by atoms with E-state index in [-0.39, 0.29) is 5.91 Å². The van der Waals surface area contributed by atoms with Crippen molar-refractivity contribution in [1.82, 2.24) is 15.3 Å². The second kappa shape index (κ2) is 9.16. The second-order valence-electron chi connectivity index (χ2n) is 6.73. The standard InChI is InChI=1S/C21H26N4O2/c1-15-8-9-19(27-2)17(12-15)25-20-13-18(23-14-24-20)21(26)22-11-10-16-6-4-3-5-7-16/h6,8-9,12-14H,3-5,7,10-11H2,1-2H3,(H,22,26)(H,23,24,25). The molecule has 6 nitrogen and oxygen atoms in total. The van der Waals surface area contributed by atoms with Crippen LogP contribution in [-0.4, -0.2) is 29.5 Å². The Morgan fingerprint density at radius 2 is 2.11 bits per heavy atom. The number of hydrogen-bond acceptors (Lipinski definition) is 5. The summed E-state index contributed by atoms with van der Waals surface area (Å²) >= 11 is 0. The molecule has 1 amide bonds. The van der Waals surface area contributed by atoms with Gasteiger partial charge in [-0.05, 0) is 56.7 Å². The SMILES string of the molecule is COc1ccc(C)cc1Nc1cc(C(=O)NCCC2=CCCCC2)ncn1. The maximum absolute atomic E-state index is 12.4. The summed E-state index contributed by atoms with van der Waals surface area (Å²) in [5.74, 6) is 1.08. The van der Waals surface area contributed by atoms with Gasteiger partial charge in [-0.3, -0.25) is 4.79 Å². The van der Waals surface area contributed by atoms with E-state index in [1.807, 2.05) is 25.1 Å². The molecule has 0 bridgehead atoms. The highest BCUT2D eigenvalue weighted by atomic mass is 16.5. The summed E-state index contributed by atoms with van der Waals surface area (Å²) in [6.07, 6.45) is 9.44. The fraction of sp³-hybridized carbons (Fsp3) is 0.381. The first kappa shape index (κ1) is 18.9. The van der Waals surface area contributed by atoms with Crippen LogP contribution in [0.5, 0.6) is 5.75 Å². The smallest absolute Gasteiger partial charge is 0.270 e. The molecule has 2 aromatic rings. The third kappa shape index (κ3) is 5.29. The molecule has 0 aliphatic heterocycles. The van der Waals surface area contributed by atoms with E-state index in [9.17, 15) is 4.79 Å². The molecule has 0 saturated carbocycles. The first-order chi connectivity index (χ1) is 13.2. The number of aryl methyl sites for hydroxylation is 1. The lowest BCUT2D eigenvalue weighted by atomic mass is 9.97. The molecule has 2 N–H and O–H groups in total. The van der Waals surface area contributed by atoms with E-state index in [2.05, 4.69) is 26.7 Å². The van der Waals surface area contributed by atoms with Gasteiger partial charge in [0.15, 0.2) is 0 Å². The lowest BCUT2D eigenvalue weighted by Crippen LogP contribution is -2.26. The van der Waals surface area contributed by atoms with Crippen LogP contribution in [0.15, 0.2) is 42.2 Å². The van der Waals surface area contributed by atoms with E-state index in [0.717, 1.165) is 30.5 Å². The normalized spacial score (nSPS) is 13.6. The van der Waals surface area contributed by atoms with E-state index in [1.54, 1.807) is 13.2 Å². The summed E-state index contributed by atoms with van der Waals surface area (Å²) in [4.78, 5) is 20.7. The Labute approximate surface area is 160 Å². The zero-order valence-corrected chi connectivity index (χ0v) is 15.9. The minimum atomic E-state index is -0.187. The summed E-state index contributed by atoms with van der Waals surface area (Å²) in [5, 5.41) is 6.15. The summed E-state index contributed by atoms with van der Waals surface area (Å²) < 4.78 is 5.37. The molecule has 142 valence electrons. The highest BCUT2D eigenvalue weighted by Crippen LogP contribution is 2.27. The van der Waals surface area contributed by atoms with Crippen LogP contribution in [-0.2, 0) is 0 Å². The molecule has 0 fully saturated rings. The van der Waals surface area contributed by atoms with Gasteiger partial charge in [0.05, 0.1) is 12.8 Å². The van der Waals surface area contributed by atoms with Gasteiger partial charge in [-0.2, -0.15) is 0 Å². The minimum absolute atomic E-state index is 0.187. The van der Waals surface area contributed by atoms with E-state index in [1.165, 1.54) is 24.7 Å². The fourth-order valence-electron chi connectivity index (χ4n) is 3.17. The number of nitrogens with zero attached hydrogens (tertiary/aromatic N) is 2. The first-order valence-electron chi connectivity index (χ1n) is 9.35. The number of hydrogen-bond donors (Lipinski definition) is 2. The molecule has 0 atom stereocenters. The van der Waals surface area contributed by atoms with Gasteiger partial charge in [0, 0.05) is 12.6 Å². The Morgan fingerprint density at radius 1 is 1.22 bits per heavy atom. The van der Waals surface area contributed by atoms with E-state index in [4.69, 9.17) is 4.74 Å². The van der Waals surface area contributed by atoms with Crippen LogP contribution in [0.25, 0.3) is 0 Å². The molecular formula is C21H26N4O2. The van der Waals surface area contributed by atoms with E-state index in [0.29, 0.717) is 23.8 Å². The predicted molar refractivity (Wildman–Crippen MR) is 107 cm³/mol. The Kier molecular flexibility index (Phi) is 6.41.